The number of rotatable bonds is 0. The lowest BCUT2D eigenvalue weighted by Crippen LogP contribution is -2.00. The normalized spacial score (nSPS) is 10.5. The standard InChI is InChI=1S/C6H4ClN3/c7-4-1-2-5-6(3-4)9-10-8-5/h1-3H,(H,8,9,10)/p+1. The third-order valence-corrected chi connectivity index (χ3v) is 1.56. The molecule has 0 unspecified atom stereocenters. The molecule has 1 aromatic carbocycles. The van der Waals surface area contributed by atoms with E-state index in [4.69, 9.17) is 11.6 Å². The van der Waals surface area contributed by atoms with E-state index in [1.807, 2.05) is 12.1 Å². The van der Waals surface area contributed by atoms with Crippen LogP contribution < -0.4 is 5.10 Å². The average molecular weight is 155 g/mol. The van der Waals surface area contributed by atoms with Crippen LogP contribution in [0.2, 0.25) is 5.02 Å². The summed E-state index contributed by atoms with van der Waals surface area (Å²) in [6.07, 6.45) is 0. The van der Waals surface area contributed by atoms with Gasteiger partial charge in [-0.2, -0.15) is 5.10 Å². The van der Waals surface area contributed by atoms with Crippen molar-refractivity contribution >= 4 is 22.6 Å². The predicted molar refractivity (Wildman–Crippen MR) is 37.7 cm³/mol. The second-order valence-electron chi connectivity index (χ2n) is 2.01. The second kappa shape index (κ2) is 1.95. The molecular formula is C6H5ClN3+. The topological polar surface area (TPSA) is 42.8 Å². The Bertz CT molecular complexity index is 355. The lowest BCUT2D eigenvalue weighted by molar-refractivity contribution is -0.427. The first-order valence-electron chi connectivity index (χ1n) is 2.87. The summed E-state index contributed by atoms with van der Waals surface area (Å²) < 4.78 is 0. The molecule has 0 saturated heterocycles. The largest absolute Gasteiger partial charge is 0.250 e. The van der Waals surface area contributed by atoms with Crippen LogP contribution in [-0.2, 0) is 0 Å². The van der Waals surface area contributed by atoms with Crippen molar-refractivity contribution in [2.24, 2.45) is 0 Å². The van der Waals surface area contributed by atoms with Gasteiger partial charge in [-0.1, -0.05) is 16.8 Å². The molecule has 2 N–H and O–H groups in total. The Kier molecular flexibility index (Phi) is 1.11. The fourth-order valence-corrected chi connectivity index (χ4v) is 1.02. The number of hydrogen-bond acceptors (Lipinski definition) is 1. The summed E-state index contributed by atoms with van der Waals surface area (Å²) >= 11 is 5.71. The van der Waals surface area contributed by atoms with Crippen molar-refractivity contribution in [3.05, 3.63) is 23.2 Å². The Labute approximate surface area is 62.0 Å². The molecule has 1 heterocycles. The number of halogens is 1. The fraction of sp³-hybridized carbons (Fsp3) is 0. The van der Waals surface area contributed by atoms with Gasteiger partial charge in [-0.05, 0) is 12.1 Å². The molecule has 0 spiro atoms. The lowest BCUT2D eigenvalue weighted by Gasteiger charge is -1.80. The van der Waals surface area contributed by atoms with Crippen molar-refractivity contribution in [2.75, 3.05) is 0 Å². The number of nitrogens with zero attached hydrogens (tertiary/aromatic N) is 1. The average Bonchev–Trinajstić information content (AvgIpc) is 2.33. The van der Waals surface area contributed by atoms with E-state index in [1.54, 1.807) is 6.07 Å². The molecule has 0 amide bonds. The summed E-state index contributed by atoms with van der Waals surface area (Å²) in [6, 6.07) is 5.49. The molecule has 0 bridgehead atoms. The lowest BCUT2D eigenvalue weighted by atomic mass is 10.3. The quantitative estimate of drug-likeness (QED) is 0.605. The van der Waals surface area contributed by atoms with E-state index in [0.717, 1.165) is 11.0 Å². The Morgan fingerprint density at radius 1 is 1.50 bits per heavy atom. The second-order valence-corrected chi connectivity index (χ2v) is 2.45. The SMILES string of the molecule is Clc1ccc2[nH+][nH]nc2c1. The molecule has 3 nitrogen and oxygen atoms in total. The van der Waals surface area contributed by atoms with E-state index in [0.29, 0.717) is 5.02 Å². The summed E-state index contributed by atoms with van der Waals surface area (Å²) in [7, 11) is 0. The molecular weight excluding hydrogens is 150 g/mol. The molecule has 0 aliphatic heterocycles. The Morgan fingerprint density at radius 3 is 3.30 bits per heavy atom. The highest BCUT2D eigenvalue weighted by atomic mass is 35.5. The van der Waals surface area contributed by atoms with E-state index >= 15 is 0 Å². The number of aromatic nitrogens is 3. The zero-order valence-corrected chi connectivity index (χ0v) is 5.81. The maximum absolute atomic E-state index is 5.71. The molecule has 2 rings (SSSR count). The van der Waals surface area contributed by atoms with Crippen molar-refractivity contribution in [1.82, 2.24) is 10.3 Å². The van der Waals surface area contributed by atoms with Gasteiger partial charge < -0.3 is 0 Å². The first-order chi connectivity index (χ1) is 4.86. The predicted octanol–water partition coefficient (Wildman–Crippen LogP) is 1.03. The maximum atomic E-state index is 5.71. The number of nitrogens with one attached hydrogen (secondary N) is 2. The van der Waals surface area contributed by atoms with Crippen molar-refractivity contribution < 1.29 is 5.10 Å². The van der Waals surface area contributed by atoms with Crippen molar-refractivity contribution in [1.29, 1.82) is 0 Å². The van der Waals surface area contributed by atoms with E-state index < -0.39 is 0 Å². The van der Waals surface area contributed by atoms with Gasteiger partial charge in [-0.25, -0.2) is 0 Å². The van der Waals surface area contributed by atoms with E-state index in [-0.39, 0.29) is 0 Å². The maximum Gasteiger partial charge on any atom is 0.250 e. The first kappa shape index (κ1) is 5.68. The third-order valence-electron chi connectivity index (χ3n) is 1.33. The zero-order valence-electron chi connectivity index (χ0n) is 5.06. The van der Waals surface area contributed by atoms with Crippen LogP contribution in [0.4, 0.5) is 0 Å². The van der Waals surface area contributed by atoms with Gasteiger partial charge in [0.15, 0.2) is 5.52 Å². The van der Waals surface area contributed by atoms with Crippen LogP contribution >= 0.6 is 11.6 Å². The van der Waals surface area contributed by atoms with Crippen molar-refractivity contribution in [2.45, 2.75) is 0 Å². The van der Waals surface area contributed by atoms with Crippen LogP contribution in [0.25, 0.3) is 11.0 Å². The van der Waals surface area contributed by atoms with E-state index in [2.05, 4.69) is 15.4 Å². The first-order valence-corrected chi connectivity index (χ1v) is 3.25. The number of hydrogen-bond donors (Lipinski definition) is 1. The van der Waals surface area contributed by atoms with Gasteiger partial charge in [-0.3, -0.25) is 0 Å². The van der Waals surface area contributed by atoms with Crippen LogP contribution in [0.15, 0.2) is 18.2 Å². The molecule has 0 aliphatic rings. The fourth-order valence-electron chi connectivity index (χ4n) is 0.851. The minimum Gasteiger partial charge on any atom is -0.169 e. The molecule has 0 saturated carbocycles. The number of fused-ring (bicyclic) bond motifs is 1. The van der Waals surface area contributed by atoms with Crippen LogP contribution in [-0.4, -0.2) is 10.3 Å². The zero-order chi connectivity index (χ0) is 6.97. The molecule has 50 valence electrons. The Balaban J connectivity index is 2.86. The smallest absolute Gasteiger partial charge is 0.169 e. The Morgan fingerprint density at radius 2 is 2.40 bits per heavy atom. The molecule has 2 aromatic rings. The molecule has 0 atom stereocenters. The summed E-state index contributed by atoms with van der Waals surface area (Å²) in [6.45, 7) is 0. The van der Waals surface area contributed by atoms with Crippen LogP contribution in [0.1, 0.15) is 0 Å². The molecule has 0 aliphatic carbocycles. The van der Waals surface area contributed by atoms with Gasteiger partial charge in [0.2, 0.25) is 5.52 Å². The van der Waals surface area contributed by atoms with E-state index in [1.165, 1.54) is 0 Å². The summed E-state index contributed by atoms with van der Waals surface area (Å²) in [4.78, 5) is 0. The molecule has 4 heteroatoms. The highest BCUT2D eigenvalue weighted by molar-refractivity contribution is 6.31. The molecule has 0 radical (unpaired) electrons. The highest BCUT2D eigenvalue weighted by Crippen LogP contribution is 2.12. The third kappa shape index (κ3) is 0.752. The van der Waals surface area contributed by atoms with Gasteiger partial charge in [0.25, 0.3) is 0 Å². The van der Waals surface area contributed by atoms with Gasteiger partial charge >= 0.3 is 0 Å². The highest BCUT2D eigenvalue weighted by Gasteiger charge is 2.03. The number of aromatic amines is 2. The summed E-state index contributed by atoms with van der Waals surface area (Å²) in [5.41, 5.74) is 1.82. The van der Waals surface area contributed by atoms with Crippen LogP contribution in [0.3, 0.4) is 0 Å². The van der Waals surface area contributed by atoms with Crippen LogP contribution in [0.5, 0.6) is 0 Å². The van der Waals surface area contributed by atoms with Gasteiger partial charge in [0, 0.05) is 16.2 Å². The molecule has 10 heavy (non-hydrogen) atoms. The van der Waals surface area contributed by atoms with E-state index in [9.17, 15) is 0 Å². The summed E-state index contributed by atoms with van der Waals surface area (Å²) in [5.74, 6) is 0. The van der Waals surface area contributed by atoms with Crippen molar-refractivity contribution in [3.8, 4) is 0 Å². The van der Waals surface area contributed by atoms with Gasteiger partial charge in [-0.15, -0.1) is 0 Å². The van der Waals surface area contributed by atoms with Crippen molar-refractivity contribution in [3.63, 3.8) is 0 Å². The number of benzene rings is 1. The molecule has 0 fully saturated rings. The van der Waals surface area contributed by atoms with Gasteiger partial charge in [0.1, 0.15) is 0 Å². The Hall–Kier alpha value is -1.09. The monoisotopic (exact) mass is 154 g/mol. The minimum absolute atomic E-state index is 0.702. The van der Waals surface area contributed by atoms with Gasteiger partial charge in [0.05, 0.1) is 0 Å². The summed E-state index contributed by atoms with van der Waals surface area (Å²) in [5, 5.41) is 10.1. The molecule has 1 aromatic heterocycles. The van der Waals surface area contributed by atoms with Crippen LogP contribution in [0, 0.1) is 0 Å². The number of H-pyrrole nitrogens is 2. The minimum atomic E-state index is 0.702.